The normalized spacial score (nSPS) is 14.8. The van der Waals surface area contributed by atoms with Crippen LogP contribution in [0.3, 0.4) is 0 Å². The summed E-state index contributed by atoms with van der Waals surface area (Å²) in [6.45, 7) is 4.43. The lowest BCUT2D eigenvalue weighted by molar-refractivity contribution is -0.116. The van der Waals surface area contributed by atoms with E-state index in [1.807, 2.05) is 31.2 Å². The zero-order valence-electron chi connectivity index (χ0n) is 19.0. The second-order valence-electron chi connectivity index (χ2n) is 8.48. The van der Waals surface area contributed by atoms with Crippen molar-refractivity contribution < 1.29 is 14.0 Å². The molecule has 1 fully saturated rings. The third-order valence-corrected chi connectivity index (χ3v) is 6.88. The molecule has 0 saturated carbocycles. The Kier molecular flexibility index (Phi) is 7.96. The van der Waals surface area contributed by atoms with Crippen LogP contribution < -0.4 is 10.6 Å². The highest BCUT2D eigenvalue weighted by Crippen LogP contribution is 2.26. The van der Waals surface area contributed by atoms with Crippen molar-refractivity contribution in [3.63, 3.8) is 0 Å². The molecule has 2 amide bonds. The number of benzene rings is 1. The first-order valence-electron chi connectivity index (χ1n) is 11.6. The first-order valence-corrected chi connectivity index (χ1v) is 12.5. The van der Waals surface area contributed by atoms with Crippen LogP contribution in [0.1, 0.15) is 58.5 Å². The second-order valence-corrected chi connectivity index (χ2v) is 9.51. The van der Waals surface area contributed by atoms with E-state index in [0.29, 0.717) is 24.2 Å². The molecule has 1 atom stereocenters. The third-order valence-electron chi connectivity index (χ3n) is 5.94. The summed E-state index contributed by atoms with van der Waals surface area (Å²) in [5, 5.41) is 8.03. The molecule has 0 bridgehead atoms. The number of nitrogens with one attached hydrogen (secondary N) is 2. The Morgan fingerprint density at radius 3 is 2.70 bits per heavy atom. The van der Waals surface area contributed by atoms with Gasteiger partial charge in [-0.1, -0.05) is 12.1 Å². The molecular weight excluding hydrogens is 434 g/mol. The molecule has 2 aromatic heterocycles. The number of thiophene rings is 1. The van der Waals surface area contributed by atoms with Gasteiger partial charge in [-0.05, 0) is 87.5 Å². The molecule has 0 radical (unpaired) electrons. The molecule has 2 N–H and O–H groups in total. The highest BCUT2D eigenvalue weighted by atomic mass is 32.1. The van der Waals surface area contributed by atoms with E-state index in [2.05, 4.69) is 27.0 Å². The van der Waals surface area contributed by atoms with E-state index >= 15 is 0 Å². The lowest BCUT2D eigenvalue weighted by Gasteiger charge is -2.26. The number of aryl methyl sites for hydroxylation is 2. The van der Waals surface area contributed by atoms with E-state index in [9.17, 15) is 9.59 Å². The largest absolute Gasteiger partial charge is 0.465 e. The van der Waals surface area contributed by atoms with Crippen LogP contribution in [0.2, 0.25) is 0 Å². The molecule has 0 spiro atoms. The smallest absolute Gasteiger partial charge is 0.251 e. The molecule has 33 heavy (non-hydrogen) atoms. The number of furan rings is 1. The molecule has 3 heterocycles. The van der Waals surface area contributed by atoms with Crippen LogP contribution in [0.4, 0.5) is 5.69 Å². The summed E-state index contributed by atoms with van der Waals surface area (Å²) < 4.78 is 5.87. The number of amides is 2. The molecule has 1 aliphatic rings. The molecule has 3 aromatic rings. The predicted octanol–water partition coefficient (Wildman–Crippen LogP) is 5.18. The number of hydrogen-bond acceptors (Lipinski definition) is 5. The van der Waals surface area contributed by atoms with Gasteiger partial charge in [0.15, 0.2) is 0 Å². The minimum atomic E-state index is -0.156. The number of likely N-dealkylation sites (tertiary alicyclic amines) is 1. The summed E-state index contributed by atoms with van der Waals surface area (Å²) in [5.41, 5.74) is 1.17. The van der Waals surface area contributed by atoms with Crippen molar-refractivity contribution in [2.75, 3.05) is 25.0 Å². The van der Waals surface area contributed by atoms with Crippen LogP contribution in [0.5, 0.6) is 0 Å². The van der Waals surface area contributed by atoms with Crippen LogP contribution in [0.15, 0.2) is 58.3 Å². The number of carbonyl (C=O) groups excluding carboxylic acids is 2. The quantitative estimate of drug-likeness (QED) is 0.433. The Hall–Kier alpha value is -2.90. The maximum atomic E-state index is 12.9. The van der Waals surface area contributed by atoms with Crippen LogP contribution in [0, 0.1) is 6.92 Å². The number of rotatable bonds is 10. The van der Waals surface area contributed by atoms with Gasteiger partial charge in [0.2, 0.25) is 5.91 Å². The van der Waals surface area contributed by atoms with Gasteiger partial charge >= 0.3 is 0 Å². The molecule has 1 unspecified atom stereocenters. The van der Waals surface area contributed by atoms with Crippen molar-refractivity contribution in [2.45, 2.75) is 45.1 Å². The first kappa shape index (κ1) is 23.3. The Labute approximate surface area is 199 Å². The van der Waals surface area contributed by atoms with E-state index < -0.39 is 0 Å². The zero-order chi connectivity index (χ0) is 23.0. The van der Waals surface area contributed by atoms with Gasteiger partial charge in [0.25, 0.3) is 5.91 Å². The SMILES string of the molecule is Cc1ccc(C(CNC(=O)c2cccc(NC(=O)CCCc3cccs3)c2)N2CCCC2)o1. The van der Waals surface area contributed by atoms with Crippen molar-refractivity contribution in [3.8, 4) is 0 Å². The molecule has 1 aliphatic heterocycles. The average molecular weight is 466 g/mol. The van der Waals surface area contributed by atoms with Gasteiger partial charge in [0.05, 0.1) is 6.04 Å². The lowest BCUT2D eigenvalue weighted by Crippen LogP contribution is -2.36. The van der Waals surface area contributed by atoms with Crippen molar-refractivity contribution >= 4 is 28.8 Å². The lowest BCUT2D eigenvalue weighted by atomic mass is 10.1. The summed E-state index contributed by atoms with van der Waals surface area (Å²) >= 11 is 1.71. The topological polar surface area (TPSA) is 74.6 Å². The van der Waals surface area contributed by atoms with E-state index in [0.717, 1.165) is 37.5 Å². The van der Waals surface area contributed by atoms with Gasteiger partial charge in [-0.25, -0.2) is 0 Å². The van der Waals surface area contributed by atoms with Crippen LogP contribution >= 0.6 is 11.3 Å². The van der Waals surface area contributed by atoms with Crippen molar-refractivity contribution in [1.29, 1.82) is 0 Å². The fraction of sp³-hybridized carbons (Fsp3) is 0.385. The van der Waals surface area contributed by atoms with Crippen LogP contribution in [0.25, 0.3) is 0 Å². The van der Waals surface area contributed by atoms with E-state index in [1.54, 1.807) is 29.5 Å². The Balaban J connectivity index is 1.31. The third kappa shape index (κ3) is 6.55. The summed E-state index contributed by atoms with van der Waals surface area (Å²) in [5.74, 6) is 1.57. The van der Waals surface area contributed by atoms with Gasteiger partial charge < -0.3 is 15.1 Å². The summed E-state index contributed by atoms with van der Waals surface area (Å²) in [6.07, 6.45) is 4.49. The standard InChI is InChI=1S/C26H31N3O3S/c1-19-12-13-24(32-19)23(29-14-2-3-15-29)18-27-26(31)20-7-4-8-21(17-20)28-25(30)11-5-9-22-10-6-16-33-22/h4,6-8,10,12-13,16-17,23H,2-3,5,9,11,14-15,18H2,1H3,(H,27,31)(H,28,30). The number of carbonyl (C=O) groups is 2. The Bertz CT molecular complexity index is 1050. The van der Waals surface area contributed by atoms with Crippen LogP contribution in [-0.4, -0.2) is 36.3 Å². The van der Waals surface area contributed by atoms with E-state index in [1.165, 1.54) is 17.7 Å². The number of nitrogens with zero attached hydrogens (tertiary/aromatic N) is 1. The molecule has 0 aliphatic carbocycles. The van der Waals surface area contributed by atoms with Gasteiger partial charge in [-0.2, -0.15) is 0 Å². The van der Waals surface area contributed by atoms with Crippen molar-refractivity contribution in [2.24, 2.45) is 0 Å². The maximum absolute atomic E-state index is 12.9. The highest BCUT2D eigenvalue weighted by Gasteiger charge is 2.26. The predicted molar refractivity (Wildman–Crippen MR) is 132 cm³/mol. The maximum Gasteiger partial charge on any atom is 0.251 e. The average Bonchev–Trinajstić information content (AvgIpc) is 3.58. The minimum Gasteiger partial charge on any atom is -0.465 e. The monoisotopic (exact) mass is 465 g/mol. The summed E-state index contributed by atoms with van der Waals surface area (Å²) in [4.78, 5) is 28.8. The second kappa shape index (κ2) is 11.3. The highest BCUT2D eigenvalue weighted by molar-refractivity contribution is 7.09. The summed E-state index contributed by atoms with van der Waals surface area (Å²) in [7, 11) is 0. The fourth-order valence-electron chi connectivity index (χ4n) is 4.23. The molecule has 6 nitrogen and oxygen atoms in total. The summed E-state index contributed by atoms with van der Waals surface area (Å²) in [6, 6.07) is 15.2. The number of hydrogen-bond donors (Lipinski definition) is 2. The van der Waals surface area contributed by atoms with Crippen LogP contribution in [-0.2, 0) is 11.2 Å². The Morgan fingerprint density at radius 2 is 1.97 bits per heavy atom. The molecule has 7 heteroatoms. The van der Waals surface area contributed by atoms with Gasteiger partial charge in [-0.3, -0.25) is 14.5 Å². The molecular formula is C26H31N3O3S. The molecule has 174 valence electrons. The van der Waals surface area contributed by atoms with Crippen molar-refractivity contribution in [3.05, 3.63) is 75.9 Å². The van der Waals surface area contributed by atoms with E-state index in [-0.39, 0.29) is 17.9 Å². The zero-order valence-corrected chi connectivity index (χ0v) is 19.8. The number of anilines is 1. The first-order chi connectivity index (χ1) is 16.1. The van der Waals surface area contributed by atoms with E-state index in [4.69, 9.17) is 4.42 Å². The van der Waals surface area contributed by atoms with Crippen molar-refractivity contribution in [1.82, 2.24) is 10.2 Å². The van der Waals surface area contributed by atoms with Gasteiger partial charge in [0, 0.05) is 29.1 Å². The molecule has 4 rings (SSSR count). The molecule has 1 aromatic carbocycles. The molecule has 1 saturated heterocycles. The minimum absolute atomic E-state index is 0.0244. The Morgan fingerprint density at radius 1 is 1.12 bits per heavy atom. The fourth-order valence-corrected chi connectivity index (χ4v) is 4.98. The van der Waals surface area contributed by atoms with Gasteiger partial charge in [-0.15, -0.1) is 11.3 Å². The van der Waals surface area contributed by atoms with Gasteiger partial charge in [0.1, 0.15) is 11.5 Å².